The Kier molecular flexibility index (Phi) is 2.59. The van der Waals surface area contributed by atoms with Gasteiger partial charge >= 0.3 is 0 Å². The number of nitrogens with zero attached hydrogens (tertiary/aromatic N) is 1. The zero-order chi connectivity index (χ0) is 12.7. The fraction of sp³-hybridized carbons (Fsp3) is 0.357. The molecular formula is C14H15NO3. The first kappa shape index (κ1) is 11.3. The van der Waals surface area contributed by atoms with Crippen LogP contribution < -0.4 is 10.2 Å². The lowest BCUT2D eigenvalue weighted by Gasteiger charge is -2.14. The number of para-hydroxylation sites is 1. The molecule has 1 aromatic heterocycles. The van der Waals surface area contributed by atoms with Crippen molar-refractivity contribution >= 4 is 10.9 Å². The van der Waals surface area contributed by atoms with Crippen molar-refractivity contribution in [2.75, 3.05) is 6.61 Å². The summed E-state index contributed by atoms with van der Waals surface area (Å²) in [5.41, 5.74) is 1.16. The van der Waals surface area contributed by atoms with Crippen LogP contribution in [0.25, 0.3) is 10.9 Å². The number of hydrogen-bond acceptors (Lipinski definition) is 3. The van der Waals surface area contributed by atoms with Crippen LogP contribution in [0.1, 0.15) is 25.0 Å². The lowest BCUT2D eigenvalue weighted by Crippen LogP contribution is -2.15. The zero-order valence-electron chi connectivity index (χ0n) is 10.2. The van der Waals surface area contributed by atoms with Gasteiger partial charge in [-0.2, -0.15) is 0 Å². The van der Waals surface area contributed by atoms with E-state index < -0.39 is 6.10 Å². The van der Waals surface area contributed by atoms with Gasteiger partial charge in [0.1, 0.15) is 12.7 Å². The molecule has 0 fully saturated rings. The van der Waals surface area contributed by atoms with Crippen molar-refractivity contribution in [1.82, 2.24) is 4.57 Å². The minimum Gasteiger partial charge on any atom is -0.475 e. The second-order valence-corrected chi connectivity index (χ2v) is 4.54. The summed E-state index contributed by atoms with van der Waals surface area (Å²) in [6.45, 7) is 3.02. The first-order valence-corrected chi connectivity index (χ1v) is 6.20. The molecule has 2 aromatic rings. The number of aliphatic hydroxyl groups excluding tert-OH is 1. The SMILES string of the molecule is CCCn1c2c(c(=O)c3ccccc31)C(O)CO2. The molecule has 1 aromatic carbocycles. The summed E-state index contributed by atoms with van der Waals surface area (Å²) >= 11 is 0. The molecule has 0 bridgehead atoms. The van der Waals surface area contributed by atoms with Crippen molar-refractivity contribution in [1.29, 1.82) is 0 Å². The molecule has 0 radical (unpaired) electrons. The number of pyridine rings is 1. The van der Waals surface area contributed by atoms with E-state index in [1.165, 1.54) is 0 Å². The van der Waals surface area contributed by atoms with Gasteiger partial charge in [-0.05, 0) is 18.6 Å². The highest BCUT2D eigenvalue weighted by Crippen LogP contribution is 2.32. The van der Waals surface area contributed by atoms with Gasteiger partial charge in [-0.15, -0.1) is 0 Å². The number of aliphatic hydroxyl groups is 1. The Bertz CT molecular complexity index is 660. The van der Waals surface area contributed by atoms with Crippen molar-refractivity contribution < 1.29 is 9.84 Å². The van der Waals surface area contributed by atoms with Crippen LogP contribution in [-0.4, -0.2) is 16.3 Å². The van der Waals surface area contributed by atoms with Gasteiger partial charge in [-0.25, -0.2) is 0 Å². The van der Waals surface area contributed by atoms with Gasteiger partial charge in [0.15, 0.2) is 5.43 Å². The topological polar surface area (TPSA) is 51.5 Å². The van der Waals surface area contributed by atoms with Crippen molar-refractivity contribution in [2.24, 2.45) is 0 Å². The molecule has 1 unspecified atom stereocenters. The van der Waals surface area contributed by atoms with E-state index in [-0.39, 0.29) is 12.0 Å². The molecule has 0 spiro atoms. The Balaban J connectivity index is 2.44. The maximum Gasteiger partial charge on any atom is 0.204 e. The average Bonchev–Trinajstić information content (AvgIpc) is 2.77. The standard InChI is InChI=1S/C14H15NO3/c1-2-7-15-10-6-4-3-5-9(10)13(17)12-11(16)8-18-14(12)15/h3-6,11,16H,2,7-8H2,1H3. The van der Waals surface area contributed by atoms with Gasteiger partial charge in [0, 0.05) is 11.9 Å². The Labute approximate surface area is 104 Å². The highest BCUT2D eigenvalue weighted by atomic mass is 16.5. The maximum atomic E-state index is 12.3. The Morgan fingerprint density at radius 2 is 2.22 bits per heavy atom. The summed E-state index contributed by atoms with van der Waals surface area (Å²) in [5, 5.41) is 10.5. The molecule has 94 valence electrons. The second kappa shape index (κ2) is 4.14. The second-order valence-electron chi connectivity index (χ2n) is 4.54. The van der Waals surface area contributed by atoms with E-state index in [1.54, 1.807) is 6.07 Å². The van der Waals surface area contributed by atoms with E-state index >= 15 is 0 Å². The molecule has 4 nitrogen and oxygen atoms in total. The van der Waals surface area contributed by atoms with Crippen LogP contribution in [0, 0.1) is 0 Å². The predicted octanol–water partition coefficient (Wildman–Crippen LogP) is 1.84. The van der Waals surface area contributed by atoms with Gasteiger partial charge < -0.3 is 14.4 Å². The van der Waals surface area contributed by atoms with E-state index in [0.29, 0.717) is 16.8 Å². The number of benzene rings is 1. The molecule has 1 aliphatic rings. The van der Waals surface area contributed by atoms with Crippen LogP contribution in [0.15, 0.2) is 29.1 Å². The van der Waals surface area contributed by atoms with Crippen LogP contribution >= 0.6 is 0 Å². The summed E-state index contributed by atoms with van der Waals surface area (Å²) in [6.07, 6.45) is 0.138. The summed E-state index contributed by atoms with van der Waals surface area (Å²) in [4.78, 5) is 12.3. The number of aromatic nitrogens is 1. The summed E-state index contributed by atoms with van der Waals surface area (Å²) in [5.74, 6) is 0.535. The number of rotatable bonds is 2. The number of hydrogen-bond donors (Lipinski definition) is 1. The Morgan fingerprint density at radius 1 is 1.44 bits per heavy atom. The van der Waals surface area contributed by atoms with Crippen LogP contribution in [0.4, 0.5) is 0 Å². The third kappa shape index (κ3) is 1.46. The van der Waals surface area contributed by atoms with E-state index in [9.17, 15) is 9.90 Å². The minimum atomic E-state index is -0.805. The zero-order valence-corrected chi connectivity index (χ0v) is 10.2. The van der Waals surface area contributed by atoms with Gasteiger partial charge in [-0.1, -0.05) is 19.1 Å². The summed E-state index contributed by atoms with van der Waals surface area (Å²) in [6, 6.07) is 7.47. The fourth-order valence-corrected chi connectivity index (χ4v) is 2.53. The highest BCUT2D eigenvalue weighted by molar-refractivity contribution is 5.81. The highest BCUT2D eigenvalue weighted by Gasteiger charge is 2.29. The lowest BCUT2D eigenvalue weighted by molar-refractivity contribution is 0.138. The van der Waals surface area contributed by atoms with Gasteiger partial charge in [-0.3, -0.25) is 4.79 Å². The van der Waals surface area contributed by atoms with Crippen LogP contribution in [0.2, 0.25) is 0 Å². The van der Waals surface area contributed by atoms with Crippen LogP contribution in [0.5, 0.6) is 5.88 Å². The van der Waals surface area contributed by atoms with Gasteiger partial charge in [0.2, 0.25) is 5.88 Å². The number of ether oxygens (including phenoxy) is 1. The molecule has 0 saturated heterocycles. The molecular weight excluding hydrogens is 230 g/mol. The largest absolute Gasteiger partial charge is 0.475 e. The summed E-state index contributed by atoms with van der Waals surface area (Å²) in [7, 11) is 0. The maximum absolute atomic E-state index is 12.3. The normalized spacial score (nSPS) is 17.8. The average molecular weight is 245 g/mol. The Hall–Kier alpha value is -1.81. The molecule has 0 amide bonds. The van der Waals surface area contributed by atoms with E-state index in [1.807, 2.05) is 22.8 Å². The molecule has 3 rings (SSSR count). The molecule has 0 aliphatic carbocycles. The third-order valence-corrected chi connectivity index (χ3v) is 3.32. The van der Waals surface area contributed by atoms with Crippen molar-refractivity contribution in [3.05, 3.63) is 40.1 Å². The van der Waals surface area contributed by atoms with E-state index in [4.69, 9.17) is 4.74 Å². The summed E-state index contributed by atoms with van der Waals surface area (Å²) < 4.78 is 7.48. The molecule has 4 heteroatoms. The number of fused-ring (bicyclic) bond motifs is 2. The quantitative estimate of drug-likeness (QED) is 0.878. The number of aryl methyl sites for hydroxylation is 1. The molecule has 2 heterocycles. The van der Waals surface area contributed by atoms with E-state index in [0.717, 1.165) is 18.5 Å². The molecule has 1 atom stereocenters. The van der Waals surface area contributed by atoms with Crippen molar-refractivity contribution in [2.45, 2.75) is 26.0 Å². The van der Waals surface area contributed by atoms with Crippen LogP contribution in [-0.2, 0) is 6.54 Å². The van der Waals surface area contributed by atoms with E-state index in [2.05, 4.69) is 6.92 Å². The van der Waals surface area contributed by atoms with Gasteiger partial charge in [0.05, 0.1) is 11.1 Å². The molecule has 0 saturated carbocycles. The van der Waals surface area contributed by atoms with Crippen molar-refractivity contribution in [3.8, 4) is 5.88 Å². The first-order chi connectivity index (χ1) is 8.74. The van der Waals surface area contributed by atoms with Gasteiger partial charge in [0.25, 0.3) is 0 Å². The predicted molar refractivity (Wildman–Crippen MR) is 69.0 cm³/mol. The third-order valence-electron chi connectivity index (χ3n) is 3.32. The smallest absolute Gasteiger partial charge is 0.204 e. The fourth-order valence-electron chi connectivity index (χ4n) is 2.53. The van der Waals surface area contributed by atoms with Crippen molar-refractivity contribution in [3.63, 3.8) is 0 Å². The molecule has 1 N–H and O–H groups in total. The first-order valence-electron chi connectivity index (χ1n) is 6.20. The molecule has 1 aliphatic heterocycles. The Morgan fingerprint density at radius 3 is 3.00 bits per heavy atom. The minimum absolute atomic E-state index is 0.113. The molecule has 18 heavy (non-hydrogen) atoms. The monoisotopic (exact) mass is 245 g/mol. The lowest BCUT2D eigenvalue weighted by atomic mass is 10.1. The van der Waals surface area contributed by atoms with Crippen LogP contribution in [0.3, 0.4) is 0 Å².